The summed E-state index contributed by atoms with van der Waals surface area (Å²) in [6.45, 7) is 3.32. The van der Waals surface area contributed by atoms with E-state index >= 15 is 0 Å². The maximum absolute atomic E-state index is 12.5. The molecule has 2 aliphatic heterocycles. The Labute approximate surface area is 169 Å². The van der Waals surface area contributed by atoms with E-state index in [-0.39, 0.29) is 12.5 Å². The molecule has 2 heterocycles. The molecule has 142 valence electrons. The molecule has 0 N–H and O–H groups in total. The van der Waals surface area contributed by atoms with Crippen molar-refractivity contribution in [3.05, 3.63) is 60.2 Å². The van der Waals surface area contributed by atoms with Crippen LogP contribution in [0.2, 0.25) is 0 Å². The van der Waals surface area contributed by atoms with Crippen LogP contribution in [0.25, 0.3) is 0 Å². The normalized spacial score (nSPS) is 17.9. The summed E-state index contributed by atoms with van der Waals surface area (Å²) in [5.41, 5.74) is 2.55. The van der Waals surface area contributed by atoms with Crippen LogP contribution in [0.1, 0.15) is 10.1 Å². The number of hydrogen-bond acceptors (Lipinski definition) is 5. The number of nitrogens with zero attached hydrogens (tertiary/aromatic N) is 2. The number of thioether (sulfide) groups is 2. The van der Waals surface area contributed by atoms with E-state index in [9.17, 15) is 4.79 Å². The molecule has 0 unspecified atom stereocenters. The number of para-hydroxylation sites is 1. The Balaban J connectivity index is 1.24. The van der Waals surface area contributed by atoms with Crippen molar-refractivity contribution >= 4 is 35.1 Å². The average Bonchev–Trinajstić information content (AvgIpc) is 3.28. The number of rotatable bonds is 5. The highest BCUT2D eigenvalue weighted by atomic mass is 32.2. The topological polar surface area (TPSA) is 32.8 Å². The fraction of sp³-hybridized carbons (Fsp3) is 0.381. The van der Waals surface area contributed by atoms with Crippen molar-refractivity contribution in [1.29, 1.82) is 0 Å². The van der Waals surface area contributed by atoms with Crippen molar-refractivity contribution in [2.24, 2.45) is 0 Å². The van der Waals surface area contributed by atoms with E-state index in [1.54, 1.807) is 0 Å². The van der Waals surface area contributed by atoms with Gasteiger partial charge in [0.15, 0.2) is 6.61 Å². The monoisotopic (exact) mass is 400 g/mol. The van der Waals surface area contributed by atoms with Crippen LogP contribution in [0, 0.1) is 0 Å². The second-order valence-corrected chi connectivity index (χ2v) is 9.36. The van der Waals surface area contributed by atoms with E-state index in [2.05, 4.69) is 41.3 Å². The molecule has 2 saturated heterocycles. The minimum atomic E-state index is 0.0636. The standard InChI is InChI=1S/C21H24N2O2S2/c24-20(23-12-10-22(11-13-23)18-4-2-1-3-5-18)16-25-19-8-6-17(7-9-19)21-26-14-15-27-21/h1-9,21H,10-16H2. The Bertz CT molecular complexity index is 741. The van der Waals surface area contributed by atoms with Gasteiger partial charge in [0.2, 0.25) is 0 Å². The third-order valence-corrected chi connectivity index (χ3v) is 7.99. The van der Waals surface area contributed by atoms with Gasteiger partial charge in [-0.2, -0.15) is 0 Å². The first-order valence-corrected chi connectivity index (χ1v) is 11.4. The predicted molar refractivity (Wildman–Crippen MR) is 115 cm³/mol. The molecule has 0 atom stereocenters. The van der Waals surface area contributed by atoms with Crippen LogP contribution in [0.4, 0.5) is 5.69 Å². The molecule has 0 radical (unpaired) electrons. The number of amides is 1. The molecule has 2 aromatic rings. The summed E-state index contributed by atoms with van der Waals surface area (Å²) in [5, 5.41) is 0. The zero-order valence-corrected chi connectivity index (χ0v) is 16.9. The van der Waals surface area contributed by atoms with Crippen molar-refractivity contribution < 1.29 is 9.53 Å². The smallest absolute Gasteiger partial charge is 0.260 e. The largest absolute Gasteiger partial charge is 0.484 e. The second-order valence-electron chi connectivity index (χ2n) is 6.63. The molecule has 2 fully saturated rings. The average molecular weight is 401 g/mol. The number of piperazine rings is 1. The first-order chi connectivity index (χ1) is 13.3. The van der Waals surface area contributed by atoms with Gasteiger partial charge in [0.1, 0.15) is 5.75 Å². The molecule has 6 heteroatoms. The number of anilines is 1. The summed E-state index contributed by atoms with van der Waals surface area (Å²) in [4.78, 5) is 16.7. The zero-order chi connectivity index (χ0) is 18.5. The van der Waals surface area contributed by atoms with Crippen LogP contribution in [0.3, 0.4) is 0 Å². The number of ether oxygens (including phenoxy) is 1. The number of hydrogen-bond donors (Lipinski definition) is 0. The molecule has 0 saturated carbocycles. The fourth-order valence-corrected chi connectivity index (χ4v) is 6.22. The van der Waals surface area contributed by atoms with Crippen molar-refractivity contribution in [2.75, 3.05) is 49.2 Å². The van der Waals surface area contributed by atoms with Crippen molar-refractivity contribution in [3.63, 3.8) is 0 Å². The molecule has 27 heavy (non-hydrogen) atoms. The summed E-state index contributed by atoms with van der Waals surface area (Å²) in [7, 11) is 0. The first kappa shape index (κ1) is 18.6. The summed E-state index contributed by atoms with van der Waals surface area (Å²) in [6, 6.07) is 18.6. The summed E-state index contributed by atoms with van der Waals surface area (Å²) < 4.78 is 6.27. The maximum Gasteiger partial charge on any atom is 0.260 e. The van der Waals surface area contributed by atoms with E-state index in [0.29, 0.717) is 4.58 Å². The Kier molecular flexibility index (Phi) is 6.14. The van der Waals surface area contributed by atoms with Crippen LogP contribution in [-0.2, 0) is 4.79 Å². The van der Waals surface area contributed by atoms with Gasteiger partial charge in [0, 0.05) is 43.4 Å². The van der Waals surface area contributed by atoms with Crippen LogP contribution >= 0.6 is 23.5 Å². The minimum Gasteiger partial charge on any atom is -0.484 e. The molecule has 2 aliphatic rings. The summed E-state index contributed by atoms with van der Waals surface area (Å²) in [5.74, 6) is 3.27. The summed E-state index contributed by atoms with van der Waals surface area (Å²) >= 11 is 3.99. The number of benzene rings is 2. The molecular weight excluding hydrogens is 376 g/mol. The van der Waals surface area contributed by atoms with Gasteiger partial charge < -0.3 is 14.5 Å². The highest BCUT2D eigenvalue weighted by Crippen LogP contribution is 2.45. The predicted octanol–water partition coefficient (Wildman–Crippen LogP) is 3.89. The van der Waals surface area contributed by atoms with Gasteiger partial charge in [0.05, 0.1) is 4.58 Å². The molecule has 2 aromatic carbocycles. The molecule has 1 amide bonds. The van der Waals surface area contributed by atoms with E-state index in [1.165, 1.54) is 22.8 Å². The molecule has 4 nitrogen and oxygen atoms in total. The third-order valence-electron chi connectivity index (χ3n) is 4.89. The molecule has 0 bridgehead atoms. The Hall–Kier alpha value is -1.79. The van der Waals surface area contributed by atoms with Gasteiger partial charge in [-0.15, -0.1) is 23.5 Å². The Morgan fingerprint density at radius 2 is 1.59 bits per heavy atom. The Morgan fingerprint density at radius 3 is 2.26 bits per heavy atom. The first-order valence-electron chi connectivity index (χ1n) is 9.33. The van der Waals surface area contributed by atoms with Crippen LogP contribution in [-0.4, -0.2) is 55.1 Å². The highest BCUT2D eigenvalue weighted by molar-refractivity contribution is 8.19. The zero-order valence-electron chi connectivity index (χ0n) is 15.3. The lowest BCUT2D eigenvalue weighted by atomic mass is 10.2. The van der Waals surface area contributed by atoms with Crippen molar-refractivity contribution in [1.82, 2.24) is 4.90 Å². The van der Waals surface area contributed by atoms with Gasteiger partial charge in [-0.1, -0.05) is 30.3 Å². The highest BCUT2D eigenvalue weighted by Gasteiger charge is 2.22. The van der Waals surface area contributed by atoms with E-state index in [1.807, 2.05) is 46.6 Å². The lowest BCUT2D eigenvalue weighted by molar-refractivity contribution is -0.133. The third kappa shape index (κ3) is 4.74. The van der Waals surface area contributed by atoms with Gasteiger partial charge in [-0.25, -0.2) is 0 Å². The quantitative estimate of drug-likeness (QED) is 0.760. The van der Waals surface area contributed by atoms with Crippen LogP contribution in [0.5, 0.6) is 5.75 Å². The van der Waals surface area contributed by atoms with E-state index < -0.39 is 0 Å². The van der Waals surface area contributed by atoms with Gasteiger partial charge in [-0.3, -0.25) is 4.79 Å². The molecular formula is C21H24N2O2S2. The van der Waals surface area contributed by atoms with E-state index in [0.717, 1.165) is 31.9 Å². The van der Waals surface area contributed by atoms with Crippen LogP contribution in [0.15, 0.2) is 54.6 Å². The van der Waals surface area contributed by atoms with Crippen molar-refractivity contribution in [3.8, 4) is 5.75 Å². The lowest BCUT2D eigenvalue weighted by Gasteiger charge is -2.36. The molecule has 0 aromatic heterocycles. The molecule has 0 spiro atoms. The number of carbonyl (C=O) groups excluding carboxylic acids is 1. The Morgan fingerprint density at radius 1 is 0.926 bits per heavy atom. The van der Waals surface area contributed by atoms with Gasteiger partial charge >= 0.3 is 0 Å². The molecule has 0 aliphatic carbocycles. The summed E-state index contributed by atoms with van der Waals surface area (Å²) in [6.07, 6.45) is 0. The lowest BCUT2D eigenvalue weighted by Crippen LogP contribution is -2.50. The second kappa shape index (κ2) is 8.93. The molecule has 4 rings (SSSR count). The number of carbonyl (C=O) groups is 1. The van der Waals surface area contributed by atoms with Crippen molar-refractivity contribution in [2.45, 2.75) is 4.58 Å². The van der Waals surface area contributed by atoms with Gasteiger partial charge in [-0.05, 0) is 29.8 Å². The fourth-order valence-electron chi connectivity index (χ4n) is 3.36. The minimum absolute atomic E-state index is 0.0636. The van der Waals surface area contributed by atoms with Crippen LogP contribution < -0.4 is 9.64 Å². The van der Waals surface area contributed by atoms with Gasteiger partial charge in [0.25, 0.3) is 5.91 Å². The van der Waals surface area contributed by atoms with E-state index in [4.69, 9.17) is 4.74 Å². The maximum atomic E-state index is 12.5. The SMILES string of the molecule is O=C(COc1ccc(C2SCCS2)cc1)N1CCN(c2ccccc2)CC1.